The number of carbonyl (C=O) groups is 1. The molecule has 0 aromatic carbocycles. The molecule has 0 bridgehead atoms. The zero-order chi connectivity index (χ0) is 16.8. The Kier molecular flexibility index (Phi) is 3.60. The van der Waals surface area contributed by atoms with E-state index < -0.39 is 0 Å². The van der Waals surface area contributed by atoms with Crippen molar-refractivity contribution < 1.29 is 9.32 Å². The van der Waals surface area contributed by atoms with Crippen molar-refractivity contribution in [2.24, 2.45) is 0 Å². The van der Waals surface area contributed by atoms with E-state index in [0.717, 1.165) is 51.0 Å². The summed E-state index contributed by atoms with van der Waals surface area (Å²) in [6, 6.07) is 0. The number of fused-ring (bicyclic) bond motifs is 1. The highest BCUT2D eigenvalue weighted by Gasteiger charge is 2.34. The van der Waals surface area contributed by atoms with Crippen LogP contribution in [0.5, 0.6) is 0 Å². The Bertz CT molecular complexity index is 791. The van der Waals surface area contributed by atoms with Crippen molar-refractivity contribution in [1.29, 1.82) is 0 Å². The van der Waals surface area contributed by atoms with Crippen LogP contribution in [0.4, 0.5) is 0 Å². The zero-order valence-corrected chi connectivity index (χ0v) is 14.4. The van der Waals surface area contributed by atoms with Gasteiger partial charge in [-0.3, -0.25) is 4.79 Å². The van der Waals surface area contributed by atoms with Gasteiger partial charge in [-0.1, -0.05) is 5.16 Å². The van der Waals surface area contributed by atoms with E-state index in [4.69, 9.17) is 9.51 Å². The number of piperidine rings is 1. The maximum absolute atomic E-state index is 12.8. The van der Waals surface area contributed by atoms with Crippen LogP contribution in [0.15, 0.2) is 10.7 Å². The second-order valence-corrected chi connectivity index (χ2v) is 7.54. The van der Waals surface area contributed by atoms with Crippen LogP contribution in [0.2, 0.25) is 0 Å². The molecule has 3 aliphatic rings. The van der Waals surface area contributed by atoms with Crippen LogP contribution in [-0.4, -0.2) is 43.6 Å². The van der Waals surface area contributed by atoms with E-state index in [0.29, 0.717) is 24.2 Å². The van der Waals surface area contributed by atoms with Crippen LogP contribution in [0, 0.1) is 0 Å². The van der Waals surface area contributed by atoms with E-state index in [9.17, 15) is 4.79 Å². The number of hydrogen-bond donors (Lipinski definition) is 0. The number of hydrogen-bond acceptors (Lipinski definition) is 5. The van der Waals surface area contributed by atoms with E-state index in [1.807, 2.05) is 11.1 Å². The van der Waals surface area contributed by atoms with E-state index >= 15 is 0 Å². The molecule has 4 heterocycles. The fourth-order valence-electron chi connectivity index (χ4n) is 4.12. The van der Waals surface area contributed by atoms with E-state index in [-0.39, 0.29) is 11.8 Å². The Morgan fingerprint density at radius 1 is 1.12 bits per heavy atom. The second kappa shape index (κ2) is 5.97. The lowest BCUT2D eigenvalue weighted by Gasteiger charge is -2.32. The largest absolute Gasteiger partial charge is 0.334 e. The average Bonchev–Trinajstić information content (AvgIpc) is 3.23. The number of carbonyl (C=O) groups excluding carboxylic acids is 1. The van der Waals surface area contributed by atoms with Gasteiger partial charge in [0, 0.05) is 43.4 Å². The minimum absolute atomic E-state index is 0.130. The summed E-state index contributed by atoms with van der Waals surface area (Å²) in [5.74, 6) is 2.56. The van der Waals surface area contributed by atoms with E-state index in [2.05, 4.69) is 14.7 Å². The quantitative estimate of drug-likeness (QED) is 0.857. The predicted molar refractivity (Wildman–Crippen MR) is 89.3 cm³/mol. The molecule has 1 saturated carbocycles. The summed E-state index contributed by atoms with van der Waals surface area (Å²) in [7, 11) is 0. The third-order valence-corrected chi connectivity index (χ3v) is 5.67. The zero-order valence-electron chi connectivity index (χ0n) is 14.4. The van der Waals surface area contributed by atoms with Crippen molar-refractivity contribution in [3.05, 3.63) is 29.4 Å². The van der Waals surface area contributed by atoms with Crippen molar-refractivity contribution in [2.75, 3.05) is 13.1 Å². The standard InChI is InChI=1S/C18H23N5O2/c24-18(17-20-15(21-25-17)12-6-7-12)22-8-3-4-13(11-22)16-19-10-14-5-1-2-9-23(14)16/h10,12-13H,1-9,11H2. The maximum Gasteiger partial charge on any atom is 0.316 e. The van der Waals surface area contributed by atoms with Crippen molar-refractivity contribution in [1.82, 2.24) is 24.6 Å². The maximum atomic E-state index is 12.8. The van der Waals surface area contributed by atoms with E-state index in [1.54, 1.807) is 0 Å². The van der Waals surface area contributed by atoms with Crippen molar-refractivity contribution in [3.8, 4) is 0 Å². The first-order chi connectivity index (χ1) is 12.3. The summed E-state index contributed by atoms with van der Waals surface area (Å²) in [5.41, 5.74) is 1.34. The molecule has 5 rings (SSSR count). The molecule has 0 N–H and O–H groups in total. The number of likely N-dealkylation sites (tertiary alicyclic amines) is 1. The number of amides is 1. The first-order valence-electron chi connectivity index (χ1n) is 9.47. The van der Waals surface area contributed by atoms with Gasteiger partial charge in [0.25, 0.3) is 0 Å². The van der Waals surface area contributed by atoms with Gasteiger partial charge in [0.05, 0.1) is 0 Å². The number of imidazole rings is 1. The SMILES string of the molecule is O=C(c1nc(C2CC2)no1)N1CCCC(c2ncc3n2CCCC3)C1. The highest BCUT2D eigenvalue weighted by atomic mass is 16.5. The highest BCUT2D eigenvalue weighted by Crippen LogP contribution is 2.38. The molecule has 2 aromatic heterocycles. The van der Waals surface area contributed by atoms with Gasteiger partial charge >= 0.3 is 11.8 Å². The molecule has 1 amide bonds. The Labute approximate surface area is 146 Å². The first-order valence-corrected chi connectivity index (χ1v) is 9.47. The molecule has 7 nitrogen and oxygen atoms in total. The van der Waals surface area contributed by atoms with Crippen molar-refractivity contribution in [2.45, 2.75) is 63.3 Å². The fraction of sp³-hybridized carbons (Fsp3) is 0.667. The number of nitrogens with zero attached hydrogens (tertiary/aromatic N) is 5. The molecule has 2 fully saturated rings. The minimum atomic E-state index is -0.130. The first kappa shape index (κ1) is 15.1. The fourth-order valence-corrected chi connectivity index (χ4v) is 4.12. The Balaban J connectivity index is 1.33. The molecule has 2 aliphatic heterocycles. The van der Waals surface area contributed by atoms with Crippen LogP contribution in [-0.2, 0) is 13.0 Å². The molecular weight excluding hydrogens is 318 g/mol. The number of aromatic nitrogens is 4. The number of rotatable bonds is 3. The lowest BCUT2D eigenvalue weighted by molar-refractivity contribution is 0.0653. The van der Waals surface area contributed by atoms with Gasteiger partial charge in [0.2, 0.25) is 0 Å². The van der Waals surface area contributed by atoms with Gasteiger partial charge in [0.15, 0.2) is 5.82 Å². The lowest BCUT2D eigenvalue weighted by atomic mass is 9.96. The van der Waals surface area contributed by atoms with Crippen molar-refractivity contribution >= 4 is 5.91 Å². The number of aryl methyl sites for hydroxylation is 1. The molecule has 2 aromatic rings. The van der Waals surface area contributed by atoms with Crippen LogP contribution < -0.4 is 0 Å². The Morgan fingerprint density at radius 3 is 2.92 bits per heavy atom. The molecule has 1 atom stereocenters. The molecule has 1 unspecified atom stereocenters. The average molecular weight is 341 g/mol. The smallest absolute Gasteiger partial charge is 0.316 e. The minimum Gasteiger partial charge on any atom is -0.334 e. The summed E-state index contributed by atoms with van der Waals surface area (Å²) in [4.78, 5) is 23.6. The topological polar surface area (TPSA) is 77.1 Å². The lowest BCUT2D eigenvalue weighted by Crippen LogP contribution is -2.40. The van der Waals surface area contributed by atoms with Crippen LogP contribution in [0.25, 0.3) is 0 Å². The van der Waals surface area contributed by atoms with Crippen LogP contribution >= 0.6 is 0 Å². The van der Waals surface area contributed by atoms with Crippen molar-refractivity contribution in [3.63, 3.8) is 0 Å². The molecule has 25 heavy (non-hydrogen) atoms. The second-order valence-electron chi connectivity index (χ2n) is 7.54. The molecule has 0 spiro atoms. The van der Waals surface area contributed by atoms with Gasteiger partial charge in [-0.05, 0) is 44.9 Å². The molecule has 7 heteroatoms. The van der Waals surface area contributed by atoms with Gasteiger partial charge in [-0.15, -0.1) is 0 Å². The third kappa shape index (κ3) is 2.75. The molecule has 1 saturated heterocycles. The summed E-state index contributed by atoms with van der Waals surface area (Å²) < 4.78 is 7.60. The van der Waals surface area contributed by atoms with Crippen LogP contribution in [0.3, 0.4) is 0 Å². The Morgan fingerprint density at radius 2 is 2.04 bits per heavy atom. The summed E-state index contributed by atoms with van der Waals surface area (Å²) in [6.07, 6.45) is 9.88. The molecule has 1 aliphatic carbocycles. The van der Waals surface area contributed by atoms with Gasteiger partial charge in [-0.25, -0.2) is 4.98 Å². The summed E-state index contributed by atoms with van der Waals surface area (Å²) in [5, 5.41) is 3.97. The third-order valence-electron chi connectivity index (χ3n) is 5.67. The monoisotopic (exact) mass is 341 g/mol. The molecule has 0 radical (unpaired) electrons. The predicted octanol–water partition coefficient (Wildman–Crippen LogP) is 2.50. The van der Waals surface area contributed by atoms with Crippen LogP contribution in [0.1, 0.15) is 78.4 Å². The molecule has 132 valence electrons. The molecular formula is C18H23N5O2. The summed E-state index contributed by atoms with van der Waals surface area (Å²) >= 11 is 0. The van der Waals surface area contributed by atoms with E-state index in [1.165, 1.54) is 18.5 Å². The van der Waals surface area contributed by atoms with Gasteiger partial charge < -0.3 is 14.0 Å². The Hall–Kier alpha value is -2.18. The van der Waals surface area contributed by atoms with Gasteiger partial charge in [0.1, 0.15) is 5.82 Å². The summed E-state index contributed by atoms with van der Waals surface area (Å²) in [6.45, 7) is 2.50. The normalized spacial score (nSPS) is 23.5. The highest BCUT2D eigenvalue weighted by molar-refractivity contribution is 5.89. The van der Waals surface area contributed by atoms with Gasteiger partial charge in [-0.2, -0.15) is 4.98 Å².